The maximum absolute atomic E-state index is 6.20. The van der Waals surface area contributed by atoms with E-state index in [9.17, 15) is 0 Å². The number of rotatable bonds is 2. The minimum atomic E-state index is -0.00907. The Bertz CT molecular complexity index is 535. The van der Waals surface area contributed by atoms with Crippen LogP contribution >= 0.6 is 23.2 Å². The Morgan fingerprint density at radius 1 is 1.06 bits per heavy atom. The molecule has 0 radical (unpaired) electrons. The maximum Gasteiger partial charge on any atom is 0.0484 e. The van der Waals surface area contributed by atoms with Gasteiger partial charge in [-0.25, -0.2) is 0 Å². The van der Waals surface area contributed by atoms with Crippen molar-refractivity contribution in [1.82, 2.24) is 0 Å². The monoisotopic (exact) mass is 265 g/mol. The van der Waals surface area contributed by atoms with Crippen LogP contribution in [0.3, 0.4) is 0 Å². The summed E-state index contributed by atoms with van der Waals surface area (Å²) in [5.74, 6) is 0. The van der Waals surface area contributed by atoms with E-state index >= 15 is 0 Å². The van der Waals surface area contributed by atoms with Crippen LogP contribution in [0.5, 0.6) is 0 Å². The van der Waals surface area contributed by atoms with Crippen molar-refractivity contribution in [2.45, 2.75) is 13.0 Å². The molecule has 2 N–H and O–H groups in total. The van der Waals surface area contributed by atoms with Gasteiger partial charge < -0.3 is 5.73 Å². The van der Waals surface area contributed by atoms with Gasteiger partial charge in [0.25, 0.3) is 0 Å². The Morgan fingerprint density at radius 2 is 1.82 bits per heavy atom. The Labute approximate surface area is 111 Å². The van der Waals surface area contributed by atoms with Gasteiger partial charge in [0.1, 0.15) is 0 Å². The van der Waals surface area contributed by atoms with Gasteiger partial charge in [0, 0.05) is 21.7 Å². The SMILES string of the molecule is CC(N)c1ccc(Cl)c(-c2cccc(Cl)c2)c1. The molecule has 0 aliphatic rings. The highest BCUT2D eigenvalue weighted by Gasteiger charge is 2.07. The number of nitrogens with two attached hydrogens (primary N) is 1. The lowest BCUT2D eigenvalue weighted by Crippen LogP contribution is -2.04. The summed E-state index contributed by atoms with van der Waals surface area (Å²) >= 11 is 12.2. The molecule has 2 rings (SSSR count). The lowest BCUT2D eigenvalue weighted by atomic mass is 10.0. The van der Waals surface area contributed by atoms with E-state index in [1.807, 2.05) is 49.4 Å². The van der Waals surface area contributed by atoms with Crippen LogP contribution in [-0.2, 0) is 0 Å². The third-order valence-corrected chi connectivity index (χ3v) is 3.22. The summed E-state index contributed by atoms with van der Waals surface area (Å²) in [6.07, 6.45) is 0. The molecule has 88 valence electrons. The standard InChI is InChI=1S/C14H13Cl2N/c1-9(17)10-5-6-14(16)13(8-10)11-3-2-4-12(15)7-11/h2-9H,17H2,1H3. The predicted octanol–water partition coefficient (Wildman–Crippen LogP) is 4.68. The predicted molar refractivity (Wildman–Crippen MR) is 74.5 cm³/mol. The maximum atomic E-state index is 6.20. The van der Waals surface area contributed by atoms with Crippen molar-refractivity contribution < 1.29 is 0 Å². The van der Waals surface area contributed by atoms with E-state index in [0.717, 1.165) is 16.7 Å². The van der Waals surface area contributed by atoms with Crippen molar-refractivity contribution in [1.29, 1.82) is 0 Å². The zero-order chi connectivity index (χ0) is 12.4. The molecule has 2 aromatic rings. The normalized spacial score (nSPS) is 12.5. The second-order valence-corrected chi connectivity index (χ2v) is 4.88. The summed E-state index contributed by atoms with van der Waals surface area (Å²) < 4.78 is 0. The Hall–Kier alpha value is -1.02. The van der Waals surface area contributed by atoms with Crippen LogP contribution in [0.4, 0.5) is 0 Å². The molecule has 0 aromatic heterocycles. The largest absolute Gasteiger partial charge is 0.324 e. The quantitative estimate of drug-likeness (QED) is 0.839. The third-order valence-electron chi connectivity index (χ3n) is 2.65. The van der Waals surface area contributed by atoms with Crippen molar-refractivity contribution >= 4 is 23.2 Å². The van der Waals surface area contributed by atoms with E-state index < -0.39 is 0 Å². The van der Waals surface area contributed by atoms with Gasteiger partial charge in [0.15, 0.2) is 0 Å². The molecule has 1 nitrogen and oxygen atoms in total. The molecule has 1 unspecified atom stereocenters. The Kier molecular flexibility index (Phi) is 3.72. The summed E-state index contributed by atoms with van der Waals surface area (Å²) in [4.78, 5) is 0. The molecule has 0 amide bonds. The van der Waals surface area contributed by atoms with Gasteiger partial charge in [0.2, 0.25) is 0 Å². The van der Waals surface area contributed by atoms with Crippen LogP contribution in [0.2, 0.25) is 10.0 Å². The molecular weight excluding hydrogens is 253 g/mol. The van der Waals surface area contributed by atoms with Crippen LogP contribution < -0.4 is 5.73 Å². The first-order valence-electron chi connectivity index (χ1n) is 5.39. The molecular formula is C14H13Cl2N. The second kappa shape index (κ2) is 5.09. The van der Waals surface area contributed by atoms with Gasteiger partial charge in [-0.2, -0.15) is 0 Å². The first-order chi connectivity index (χ1) is 8.08. The molecule has 2 aromatic carbocycles. The van der Waals surface area contributed by atoms with E-state index in [0.29, 0.717) is 10.0 Å². The van der Waals surface area contributed by atoms with Crippen LogP contribution in [0, 0.1) is 0 Å². The molecule has 0 heterocycles. The number of hydrogen-bond acceptors (Lipinski definition) is 1. The molecule has 0 spiro atoms. The van der Waals surface area contributed by atoms with Crippen molar-refractivity contribution in [2.75, 3.05) is 0 Å². The lowest BCUT2D eigenvalue weighted by Gasteiger charge is -2.10. The molecule has 3 heteroatoms. The topological polar surface area (TPSA) is 26.0 Å². The van der Waals surface area contributed by atoms with Crippen LogP contribution in [0.1, 0.15) is 18.5 Å². The number of halogens is 2. The van der Waals surface area contributed by atoms with E-state index in [1.54, 1.807) is 0 Å². The summed E-state index contributed by atoms with van der Waals surface area (Å²) in [6, 6.07) is 13.5. The second-order valence-electron chi connectivity index (χ2n) is 4.04. The summed E-state index contributed by atoms with van der Waals surface area (Å²) in [5.41, 5.74) is 8.90. The summed E-state index contributed by atoms with van der Waals surface area (Å²) in [7, 11) is 0. The zero-order valence-electron chi connectivity index (χ0n) is 9.45. The highest BCUT2D eigenvalue weighted by molar-refractivity contribution is 6.33. The van der Waals surface area contributed by atoms with Crippen molar-refractivity contribution in [3.05, 3.63) is 58.1 Å². The smallest absolute Gasteiger partial charge is 0.0484 e. The van der Waals surface area contributed by atoms with E-state index in [2.05, 4.69) is 0 Å². The van der Waals surface area contributed by atoms with Gasteiger partial charge >= 0.3 is 0 Å². The Morgan fingerprint density at radius 3 is 2.47 bits per heavy atom. The lowest BCUT2D eigenvalue weighted by molar-refractivity contribution is 0.819. The van der Waals surface area contributed by atoms with Crippen molar-refractivity contribution in [3.8, 4) is 11.1 Å². The van der Waals surface area contributed by atoms with Crippen molar-refractivity contribution in [3.63, 3.8) is 0 Å². The summed E-state index contributed by atoms with van der Waals surface area (Å²) in [5, 5.41) is 1.40. The first kappa shape index (κ1) is 12.4. The van der Waals surface area contributed by atoms with Gasteiger partial charge in [-0.3, -0.25) is 0 Å². The van der Waals surface area contributed by atoms with Crippen LogP contribution in [0.15, 0.2) is 42.5 Å². The summed E-state index contributed by atoms with van der Waals surface area (Å²) in [6.45, 7) is 1.95. The van der Waals surface area contributed by atoms with Crippen LogP contribution in [0.25, 0.3) is 11.1 Å². The highest BCUT2D eigenvalue weighted by atomic mass is 35.5. The molecule has 0 aliphatic heterocycles. The van der Waals surface area contributed by atoms with E-state index in [-0.39, 0.29) is 6.04 Å². The fraction of sp³-hybridized carbons (Fsp3) is 0.143. The van der Waals surface area contributed by atoms with Gasteiger partial charge in [0.05, 0.1) is 0 Å². The molecule has 0 bridgehead atoms. The van der Waals surface area contributed by atoms with Gasteiger partial charge in [-0.05, 0) is 42.3 Å². The average molecular weight is 266 g/mol. The number of benzene rings is 2. The van der Waals surface area contributed by atoms with Gasteiger partial charge in [-0.15, -0.1) is 0 Å². The molecule has 0 fully saturated rings. The molecule has 0 saturated heterocycles. The molecule has 0 saturated carbocycles. The average Bonchev–Trinajstić information content (AvgIpc) is 2.29. The third kappa shape index (κ3) is 2.81. The highest BCUT2D eigenvalue weighted by Crippen LogP contribution is 2.31. The van der Waals surface area contributed by atoms with Gasteiger partial charge in [-0.1, -0.05) is 41.4 Å². The molecule has 17 heavy (non-hydrogen) atoms. The minimum absolute atomic E-state index is 0.00907. The Balaban J connectivity index is 2.54. The molecule has 0 aliphatic carbocycles. The van der Waals surface area contributed by atoms with E-state index in [1.165, 1.54) is 0 Å². The zero-order valence-corrected chi connectivity index (χ0v) is 11.0. The number of hydrogen-bond donors (Lipinski definition) is 1. The minimum Gasteiger partial charge on any atom is -0.324 e. The van der Waals surface area contributed by atoms with Crippen LogP contribution in [-0.4, -0.2) is 0 Å². The first-order valence-corrected chi connectivity index (χ1v) is 6.14. The molecule has 1 atom stereocenters. The van der Waals surface area contributed by atoms with Crippen molar-refractivity contribution in [2.24, 2.45) is 5.73 Å². The fourth-order valence-corrected chi connectivity index (χ4v) is 2.12. The fourth-order valence-electron chi connectivity index (χ4n) is 1.70. The van der Waals surface area contributed by atoms with E-state index in [4.69, 9.17) is 28.9 Å².